The summed E-state index contributed by atoms with van der Waals surface area (Å²) in [6.45, 7) is 5.07. The number of rotatable bonds is 8. The van der Waals surface area contributed by atoms with Gasteiger partial charge in [0.1, 0.15) is 5.82 Å². The van der Waals surface area contributed by atoms with Crippen molar-refractivity contribution in [2.45, 2.75) is 6.42 Å². The Morgan fingerprint density at radius 3 is 2.63 bits per heavy atom. The van der Waals surface area contributed by atoms with Crippen LogP contribution >= 0.6 is 0 Å². The molecule has 1 fully saturated rings. The molecule has 2 aromatic heterocycles. The molecule has 1 saturated heterocycles. The number of ether oxygens (including phenoxy) is 1. The van der Waals surface area contributed by atoms with E-state index in [-0.39, 0.29) is 11.7 Å². The van der Waals surface area contributed by atoms with Crippen molar-refractivity contribution in [1.29, 1.82) is 0 Å². The van der Waals surface area contributed by atoms with Crippen LogP contribution in [0.25, 0.3) is 16.9 Å². The van der Waals surface area contributed by atoms with Crippen molar-refractivity contribution >= 4 is 23.2 Å². The van der Waals surface area contributed by atoms with Gasteiger partial charge in [0.15, 0.2) is 5.65 Å². The zero-order valence-corrected chi connectivity index (χ0v) is 19.3. The summed E-state index contributed by atoms with van der Waals surface area (Å²) >= 11 is 0. The number of morpholine rings is 1. The van der Waals surface area contributed by atoms with Gasteiger partial charge in [-0.15, -0.1) is 5.10 Å². The first kappa shape index (κ1) is 22.9. The molecular formula is C26H27FN6O2. The van der Waals surface area contributed by atoms with E-state index in [1.165, 1.54) is 12.1 Å². The molecule has 0 aliphatic carbocycles. The second kappa shape index (κ2) is 10.6. The van der Waals surface area contributed by atoms with Gasteiger partial charge in [0.2, 0.25) is 5.95 Å². The first-order valence-corrected chi connectivity index (χ1v) is 11.7. The van der Waals surface area contributed by atoms with E-state index in [9.17, 15) is 9.18 Å². The van der Waals surface area contributed by atoms with Gasteiger partial charge in [0.05, 0.1) is 18.9 Å². The lowest BCUT2D eigenvalue weighted by molar-refractivity contribution is 0.0374. The number of nitrogens with one attached hydrogen (secondary N) is 2. The second-order valence-electron chi connectivity index (χ2n) is 8.39. The zero-order chi connectivity index (χ0) is 24.0. The van der Waals surface area contributed by atoms with Crippen molar-refractivity contribution in [2.24, 2.45) is 0 Å². The van der Waals surface area contributed by atoms with Gasteiger partial charge in [-0.3, -0.25) is 9.69 Å². The van der Waals surface area contributed by atoms with Gasteiger partial charge < -0.3 is 15.4 Å². The Morgan fingerprint density at radius 2 is 1.83 bits per heavy atom. The summed E-state index contributed by atoms with van der Waals surface area (Å²) in [5.74, 6) is 0.0116. The molecule has 0 saturated carbocycles. The number of hydrogen-bond donors (Lipinski definition) is 2. The van der Waals surface area contributed by atoms with E-state index >= 15 is 0 Å². The molecule has 35 heavy (non-hydrogen) atoms. The summed E-state index contributed by atoms with van der Waals surface area (Å²) in [5.41, 5.74) is 3.45. The van der Waals surface area contributed by atoms with Crippen molar-refractivity contribution in [3.63, 3.8) is 0 Å². The largest absolute Gasteiger partial charge is 0.379 e. The summed E-state index contributed by atoms with van der Waals surface area (Å²) in [4.78, 5) is 19.3. The fourth-order valence-corrected chi connectivity index (χ4v) is 4.09. The number of pyridine rings is 1. The van der Waals surface area contributed by atoms with Crippen molar-refractivity contribution in [1.82, 2.24) is 24.8 Å². The van der Waals surface area contributed by atoms with Crippen LogP contribution < -0.4 is 10.6 Å². The van der Waals surface area contributed by atoms with E-state index in [1.807, 2.05) is 36.4 Å². The molecule has 0 spiro atoms. The summed E-state index contributed by atoms with van der Waals surface area (Å²) < 4.78 is 20.7. The fraction of sp³-hybridized carbons (Fsp3) is 0.269. The first-order chi connectivity index (χ1) is 17.2. The highest BCUT2D eigenvalue weighted by Crippen LogP contribution is 2.23. The monoisotopic (exact) mass is 474 g/mol. The maximum atomic E-state index is 13.7. The molecule has 1 aliphatic heterocycles. The van der Waals surface area contributed by atoms with Crippen LogP contribution in [-0.4, -0.2) is 64.8 Å². The van der Waals surface area contributed by atoms with Gasteiger partial charge in [0.25, 0.3) is 5.91 Å². The van der Waals surface area contributed by atoms with Gasteiger partial charge in [-0.1, -0.05) is 18.2 Å². The predicted octanol–water partition coefficient (Wildman–Crippen LogP) is 3.73. The first-order valence-electron chi connectivity index (χ1n) is 11.7. The Bertz CT molecular complexity index is 1300. The van der Waals surface area contributed by atoms with Crippen molar-refractivity contribution < 1.29 is 13.9 Å². The molecule has 0 unspecified atom stereocenters. The fourth-order valence-electron chi connectivity index (χ4n) is 4.09. The standard InChI is InChI=1S/C26H27FN6O2/c27-21-5-1-4-20(18-21)23-6-2-7-24-30-26(31-33(23)24)29-22-10-8-19(9-11-22)25(34)28-12-3-13-32-14-16-35-17-15-32/h1-2,4-11,18H,3,12-17H2,(H,28,34)(H,29,31). The summed E-state index contributed by atoms with van der Waals surface area (Å²) in [6.07, 6.45) is 0.905. The average Bonchev–Trinajstić information content (AvgIpc) is 3.30. The van der Waals surface area contributed by atoms with E-state index in [4.69, 9.17) is 4.74 Å². The van der Waals surface area contributed by atoms with E-state index in [1.54, 1.807) is 22.7 Å². The predicted molar refractivity (Wildman–Crippen MR) is 132 cm³/mol. The molecule has 3 heterocycles. The number of amides is 1. The minimum Gasteiger partial charge on any atom is -0.379 e. The number of anilines is 2. The summed E-state index contributed by atoms with van der Waals surface area (Å²) in [7, 11) is 0. The number of carbonyl (C=O) groups is 1. The van der Waals surface area contributed by atoms with Gasteiger partial charge >= 0.3 is 0 Å². The highest BCUT2D eigenvalue weighted by Gasteiger charge is 2.12. The third-order valence-electron chi connectivity index (χ3n) is 5.92. The number of nitrogens with zero attached hydrogens (tertiary/aromatic N) is 4. The number of aromatic nitrogens is 3. The Labute approximate surface area is 202 Å². The van der Waals surface area contributed by atoms with Crippen LogP contribution in [0.1, 0.15) is 16.8 Å². The second-order valence-corrected chi connectivity index (χ2v) is 8.39. The van der Waals surface area contributed by atoms with Crippen molar-refractivity contribution in [3.05, 3.63) is 78.1 Å². The molecule has 1 aliphatic rings. The SMILES string of the molecule is O=C(NCCCN1CCOCC1)c1ccc(Nc2nc3cccc(-c4cccc(F)c4)n3n2)cc1. The number of benzene rings is 2. The molecule has 2 N–H and O–H groups in total. The molecule has 9 heteroatoms. The van der Waals surface area contributed by atoms with Crippen LogP contribution in [0.3, 0.4) is 0 Å². The minimum absolute atomic E-state index is 0.0934. The quantitative estimate of drug-likeness (QED) is 0.379. The Balaban J connectivity index is 1.19. The molecule has 0 radical (unpaired) electrons. The zero-order valence-electron chi connectivity index (χ0n) is 19.3. The normalized spacial score (nSPS) is 14.2. The van der Waals surface area contributed by atoms with E-state index in [0.717, 1.165) is 50.7 Å². The molecule has 4 aromatic rings. The van der Waals surface area contributed by atoms with Crippen LogP contribution in [0.15, 0.2) is 66.7 Å². The van der Waals surface area contributed by atoms with Gasteiger partial charge in [-0.2, -0.15) is 4.98 Å². The highest BCUT2D eigenvalue weighted by atomic mass is 19.1. The van der Waals surface area contributed by atoms with Crippen molar-refractivity contribution in [2.75, 3.05) is 44.7 Å². The van der Waals surface area contributed by atoms with E-state index in [0.29, 0.717) is 29.3 Å². The number of carbonyl (C=O) groups excluding carboxylic acids is 1. The molecule has 1 amide bonds. The Kier molecular flexibility index (Phi) is 6.97. The molecule has 8 nitrogen and oxygen atoms in total. The van der Waals surface area contributed by atoms with Crippen LogP contribution in [0.2, 0.25) is 0 Å². The lowest BCUT2D eigenvalue weighted by atomic mass is 10.1. The van der Waals surface area contributed by atoms with Crippen LogP contribution in [0, 0.1) is 5.82 Å². The number of hydrogen-bond acceptors (Lipinski definition) is 6. The minimum atomic E-state index is -0.306. The molecule has 2 aromatic carbocycles. The maximum Gasteiger partial charge on any atom is 0.251 e. The molecule has 0 atom stereocenters. The van der Waals surface area contributed by atoms with Crippen LogP contribution in [0.4, 0.5) is 16.0 Å². The van der Waals surface area contributed by atoms with Gasteiger partial charge in [-0.25, -0.2) is 8.91 Å². The third-order valence-corrected chi connectivity index (χ3v) is 5.92. The Morgan fingerprint density at radius 1 is 1.03 bits per heavy atom. The topological polar surface area (TPSA) is 83.8 Å². The molecule has 5 rings (SSSR count). The maximum absolute atomic E-state index is 13.7. The molecule has 0 bridgehead atoms. The molecular weight excluding hydrogens is 447 g/mol. The summed E-state index contributed by atoms with van der Waals surface area (Å²) in [5, 5.41) is 10.7. The third kappa shape index (κ3) is 5.64. The van der Waals surface area contributed by atoms with E-state index in [2.05, 4.69) is 25.6 Å². The lowest BCUT2D eigenvalue weighted by Gasteiger charge is -2.26. The van der Waals surface area contributed by atoms with Gasteiger partial charge in [0, 0.05) is 36.4 Å². The van der Waals surface area contributed by atoms with Crippen LogP contribution in [-0.2, 0) is 4.74 Å². The number of fused-ring (bicyclic) bond motifs is 1. The van der Waals surface area contributed by atoms with E-state index < -0.39 is 0 Å². The Hall–Kier alpha value is -3.82. The lowest BCUT2D eigenvalue weighted by Crippen LogP contribution is -2.38. The smallest absolute Gasteiger partial charge is 0.251 e. The van der Waals surface area contributed by atoms with Crippen LogP contribution in [0.5, 0.6) is 0 Å². The highest BCUT2D eigenvalue weighted by molar-refractivity contribution is 5.94. The number of halogens is 1. The summed E-state index contributed by atoms with van der Waals surface area (Å²) in [6, 6.07) is 19.1. The average molecular weight is 475 g/mol. The molecule has 180 valence electrons. The van der Waals surface area contributed by atoms with Crippen molar-refractivity contribution in [3.8, 4) is 11.3 Å². The van der Waals surface area contributed by atoms with Gasteiger partial charge in [-0.05, 0) is 61.5 Å².